The number of rotatable bonds is 6. The molecule has 0 aliphatic heterocycles. The number of aromatic nitrogens is 1. The molecule has 1 aromatic heterocycles. The van der Waals surface area contributed by atoms with Crippen molar-refractivity contribution in [1.29, 1.82) is 0 Å². The molecule has 0 spiro atoms. The van der Waals surface area contributed by atoms with Gasteiger partial charge in [0.15, 0.2) is 0 Å². The Labute approximate surface area is 138 Å². The third-order valence-corrected chi connectivity index (χ3v) is 3.47. The van der Waals surface area contributed by atoms with Crippen LogP contribution in [0.3, 0.4) is 0 Å². The second kappa shape index (κ2) is 7.96. The zero-order valence-electron chi connectivity index (χ0n) is 13.4. The molecule has 0 radical (unpaired) electrons. The number of hydrogen-bond acceptors (Lipinski definition) is 5. The third kappa shape index (κ3) is 4.45. The van der Waals surface area contributed by atoms with Crippen LogP contribution < -0.4 is 15.6 Å². The van der Waals surface area contributed by atoms with E-state index in [4.69, 9.17) is 4.74 Å². The van der Waals surface area contributed by atoms with Gasteiger partial charge in [-0.1, -0.05) is 12.1 Å². The van der Waals surface area contributed by atoms with Gasteiger partial charge in [0, 0.05) is 12.3 Å². The van der Waals surface area contributed by atoms with E-state index in [-0.39, 0.29) is 17.5 Å². The Morgan fingerprint density at radius 3 is 2.38 bits per heavy atom. The van der Waals surface area contributed by atoms with Gasteiger partial charge < -0.3 is 19.8 Å². The number of pyridine rings is 1. The summed E-state index contributed by atoms with van der Waals surface area (Å²) in [5, 5.41) is 2.77. The van der Waals surface area contributed by atoms with Crippen molar-refractivity contribution in [3.05, 3.63) is 64.1 Å². The van der Waals surface area contributed by atoms with Gasteiger partial charge >= 0.3 is 5.97 Å². The molecule has 2 aromatic rings. The Morgan fingerprint density at radius 2 is 1.83 bits per heavy atom. The monoisotopic (exact) mass is 330 g/mol. The fraction of sp³-hybridized carbons (Fsp3) is 0.235. The summed E-state index contributed by atoms with van der Waals surface area (Å²) in [6, 6.07) is 9.12. The van der Waals surface area contributed by atoms with Crippen LogP contribution in [0.1, 0.15) is 28.4 Å². The number of methoxy groups -OCH3 is 2. The molecular weight excluding hydrogens is 312 g/mol. The first-order valence-electron chi connectivity index (χ1n) is 7.24. The van der Waals surface area contributed by atoms with Gasteiger partial charge in [-0.05, 0) is 23.8 Å². The maximum absolute atomic E-state index is 12.3. The SMILES string of the molecule is COC(=O)C[C@H](NC(=O)c1ccc(=O)[nH]c1)c1ccc(OC)cc1. The second-order valence-electron chi connectivity index (χ2n) is 5.02. The van der Waals surface area contributed by atoms with E-state index in [1.54, 1.807) is 31.4 Å². The number of aromatic amines is 1. The number of ether oxygens (including phenoxy) is 2. The molecule has 0 saturated carbocycles. The lowest BCUT2D eigenvalue weighted by molar-refractivity contribution is -0.141. The quantitative estimate of drug-likeness (QED) is 0.781. The average Bonchev–Trinajstić information content (AvgIpc) is 2.61. The number of nitrogens with one attached hydrogen (secondary N) is 2. The molecule has 24 heavy (non-hydrogen) atoms. The van der Waals surface area contributed by atoms with Gasteiger partial charge in [0.1, 0.15) is 5.75 Å². The minimum absolute atomic E-state index is 0.0160. The molecule has 0 bridgehead atoms. The van der Waals surface area contributed by atoms with Crippen molar-refractivity contribution >= 4 is 11.9 Å². The van der Waals surface area contributed by atoms with Crippen molar-refractivity contribution in [3.8, 4) is 5.75 Å². The van der Waals surface area contributed by atoms with E-state index in [1.807, 2.05) is 0 Å². The molecule has 1 heterocycles. The number of H-pyrrole nitrogens is 1. The van der Waals surface area contributed by atoms with Crippen LogP contribution in [-0.2, 0) is 9.53 Å². The summed E-state index contributed by atoms with van der Waals surface area (Å²) in [6.07, 6.45) is 1.30. The van der Waals surface area contributed by atoms with E-state index in [0.29, 0.717) is 5.75 Å². The largest absolute Gasteiger partial charge is 0.497 e. The maximum atomic E-state index is 12.3. The third-order valence-electron chi connectivity index (χ3n) is 3.47. The van der Waals surface area contributed by atoms with Crippen molar-refractivity contribution in [3.63, 3.8) is 0 Å². The lowest BCUT2D eigenvalue weighted by atomic mass is 10.0. The number of benzene rings is 1. The molecular formula is C17H18N2O5. The maximum Gasteiger partial charge on any atom is 0.307 e. The minimum atomic E-state index is -0.567. The predicted molar refractivity (Wildman–Crippen MR) is 86.9 cm³/mol. The summed E-state index contributed by atoms with van der Waals surface area (Å²) >= 11 is 0. The van der Waals surface area contributed by atoms with E-state index in [9.17, 15) is 14.4 Å². The Kier molecular flexibility index (Phi) is 5.73. The number of hydrogen-bond donors (Lipinski definition) is 2. The van der Waals surface area contributed by atoms with E-state index in [2.05, 4.69) is 15.0 Å². The highest BCUT2D eigenvalue weighted by atomic mass is 16.5. The van der Waals surface area contributed by atoms with E-state index in [0.717, 1.165) is 5.56 Å². The standard InChI is InChI=1S/C17H18N2O5/c1-23-13-6-3-11(4-7-13)14(9-16(21)24-2)19-17(22)12-5-8-15(20)18-10-12/h3-8,10,14H,9H2,1-2H3,(H,18,20)(H,19,22)/t14-/m0/s1. The predicted octanol–water partition coefficient (Wildman–Crippen LogP) is 1.42. The zero-order valence-corrected chi connectivity index (χ0v) is 13.4. The molecule has 0 unspecified atom stereocenters. The van der Waals surface area contributed by atoms with E-state index >= 15 is 0 Å². The molecule has 2 rings (SSSR count). The summed E-state index contributed by atoms with van der Waals surface area (Å²) in [5.41, 5.74) is 0.727. The van der Waals surface area contributed by atoms with Crippen molar-refractivity contribution in [2.45, 2.75) is 12.5 Å². The lowest BCUT2D eigenvalue weighted by Crippen LogP contribution is -2.30. The first kappa shape index (κ1) is 17.3. The number of carbonyl (C=O) groups is 2. The number of amides is 1. The molecule has 1 amide bonds. The fourth-order valence-electron chi connectivity index (χ4n) is 2.13. The summed E-state index contributed by atoms with van der Waals surface area (Å²) < 4.78 is 9.79. The lowest BCUT2D eigenvalue weighted by Gasteiger charge is -2.18. The van der Waals surface area contributed by atoms with Crippen LogP contribution in [0, 0.1) is 0 Å². The smallest absolute Gasteiger partial charge is 0.307 e. The number of esters is 1. The number of carbonyl (C=O) groups excluding carboxylic acids is 2. The molecule has 0 aliphatic carbocycles. The van der Waals surface area contributed by atoms with E-state index in [1.165, 1.54) is 25.4 Å². The molecule has 1 atom stereocenters. The van der Waals surface area contributed by atoms with Gasteiger partial charge in [-0.2, -0.15) is 0 Å². The highest BCUT2D eigenvalue weighted by Crippen LogP contribution is 2.21. The normalized spacial score (nSPS) is 11.4. The van der Waals surface area contributed by atoms with Crippen LogP contribution in [-0.4, -0.2) is 31.1 Å². The van der Waals surface area contributed by atoms with Crippen LogP contribution in [0.25, 0.3) is 0 Å². The van der Waals surface area contributed by atoms with Crippen molar-refractivity contribution in [1.82, 2.24) is 10.3 Å². The highest BCUT2D eigenvalue weighted by molar-refractivity contribution is 5.94. The second-order valence-corrected chi connectivity index (χ2v) is 5.02. The van der Waals surface area contributed by atoms with Crippen LogP contribution in [0.5, 0.6) is 5.75 Å². The van der Waals surface area contributed by atoms with Crippen molar-refractivity contribution in [2.24, 2.45) is 0 Å². The molecule has 0 aliphatic rings. The molecule has 7 heteroatoms. The molecule has 1 aromatic carbocycles. The molecule has 7 nitrogen and oxygen atoms in total. The van der Waals surface area contributed by atoms with Crippen LogP contribution in [0.2, 0.25) is 0 Å². The molecule has 2 N–H and O–H groups in total. The molecule has 0 saturated heterocycles. The van der Waals surface area contributed by atoms with Gasteiger partial charge in [-0.15, -0.1) is 0 Å². The topological polar surface area (TPSA) is 97.5 Å². The minimum Gasteiger partial charge on any atom is -0.497 e. The average molecular weight is 330 g/mol. The Bertz CT molecular complexity index is 747. The Morgan fingerprint density at radius 1 is 1.12 bits per heavy atom. The Hall–Kier alpha value is -3.09. The van der Waals surface area contributed by atoms with Gasteiger partial charge in [0.2, 0.25) is 5.56 Å². The first-order chi connectivity index (χ1) is 11.5. The first-order valence-corrected chi connectivity index (χ1v) is 7.24. The summed E-state index contributed by atoms with van der Waals surface area (Å²) in [5.74, 6) is -0.184. The van der Waals surface area contributed by atoms with Crippen molar-refractivity contribution < 1.29 is 19.1 Å². The van der Waals surface area contributed by atoms with Gasteiger partial charge in [-0.25, -0.2) is 0 Å². The van der Waals surface area contributed by atoms with Crippen LogP contribution in [0.4, 0.5) is 0 Å². The van der Waals surface area contributed by atoms with Crippen LogP contribution in [0.15, 0.2) is 47.4 Å². The Balaban J connectivity index is 2.21. The van der Waals surface area contributed by atoms with Crippen molar-refractivity contribution in [2.75, 3.05) is 14.2 Å². The van der Waals surface area contributed by atoms with Gasteiger partial charge in [0.25, 0.3) is 5.91 Å². The van der Waals surface area contributed by atoms with E-state index < -0.39 is 17.9 Å². The van der Waals surface area contributed by atoms with Gasteiger partial charge in [-0.3, -0.25) is 14.4 Å². The highest BCUT2D eigenvalue weighted by Gasteiger charge is 2.20. The summed E-state index contributed by atoms with van der Waals surface area (Å²) in [6.45, 7) is 0. The van der Waals surface area contributed by atoms with Crippen LogP contribution >= 0.6 is 0 Å². The summed E-state index contributed by atoms with van der Waals surface area (Å²) in [4.78, 5) is 37.5. The zero-order chi connectivity index (χ0) is 17.5. The molecule has 0 fully saturated rings. The van der Waals surface area contributed by atoms with Gasteiger partial charge in [0.05, 0.1) is 32.2 Å². The fourth-order valence-corrected chi connectivity index (χ4v) is 2.13. The summed E-state index contributed by atoms with van der Waals surface area (Å²) in [7, 11) is 2.84. The molecule has 126 valence electrons.